The lowest BCUT2D eigenvalue weighted by atomic mass is 9.98. The van der Waals surface area contributed by atoms with Crippen molar-refractivity contribution in [2.24, 2.45) is 5.92 Å². The van der Waals surface area contributed by atoms with Crippen molar-refractivity contribution in [3.63, 3.8) is 0 Å². The summed E-state index contributed by atoms with van der Waals surface area (Å²) in [7, 11) is 0. The largest absolute Gasteiger partial charge is 0.463 e. The molecule has 2 aromatic carbocycles. The number of aliphatic hydroxyl groups excluding tert-OH is 1. The molecule has 1 heterocycles. The molecule has 9 nitrogen and oxygen atoms in total. The summed E-state index contributed by atoms with van der Waals surface area (Å²) in [5, 5.41) is 15.1. The molecule has 3 unspecified atom stereocenters. The van der Waals surface area contributed by atoms with Crippen LogP contribution in [0.3, 0.4) is 0 Å². The molecule has 0 aromatic heterocycles. The Morgan fingerprint density at radius 1 is 1.03 bits per heavy atom. The second-order valence-corrected chi connectivity index (χ2v) is 9.12. The Labute approximate surface area is 222 Å². The van der Waals surface area contributed by atoms with Crippen LogP contribution in [0, 0.1) is 5.92 Å². The summed E-state index contributed by atoms with van der Waals surface area (Å²) in [5.74, 6) is -2.94. The lowest BCUT2D eigenvalue weighted by Gasteiger charge is -2.23. The van der Waals surface area contributed by atoms with Crippen molar-refractivity contribution >= 4 is 23.8 Å². The molecule has 3 rings (SSSR count). The maximum Gasteiger partial charge on any atom is 0.332 e. The molecular formula is C29H34N2O7. The first kappa shape index (κ1) is 28.6. The van der Waals surface area contributed by atoms with E-state index >= 15 is 0 Å². The summed E-state index contributed by atoms with van der Waals surface area (Å²) in [6.45, 7) is -0.624. The Kier molecular flexibility index (Phi) is 11.5. The maximum atomic E-state index is 13.2. The minimum Gasteiger partial charge on any atom is -0.463 e. The number of nitrogens with one attached hydrogen (secondary N) is 2. The molecule has 0 saturated carbocycles. The number of carbonyl (C=O) groups is 4. The smallest absolute Gasteiger partial charge is 0.332 e. The molecule has 202 valence electrons. The molecule has 1 aliphatic rings. The van der Waals surface area contributed by atoms with E-state index < -0.39 is 41.8 Å². The molecule has 2 aromatic rings. The van der Waals surface area contributed by atoms with Crippen molar-refractivity contribution in [3.05, 3.63) is 83.9 Å². The van der Waals surface area contributed by atoms with Gasteiger partial charge in [0.05, 0.1) is 18.6 Å². The number of allylic oxidation sites excluding steroid dienone is 2. The van der Waals surface area contributed by atoms with Crippen LogP contribution >= 0.6 is 0 Å². The van der Waals surface area contributed by atoms with Gasteiger partial charge in [-0.3, -0.25) is 14.4 Å². The van der Waals surface area contributed by atoms with Crippen LogP contribution in [-0.2, 0) is 41.7 Å². The maximum absolute atomic E-state index is 13.2. The fourth-order valence-electron chi connectivity index (χ4n) is 3.97. The Hall–Kier alpha value is -3.98. The van der Waals surface area contributed by atoms with Gasteiger partial charge in [0.15, 0.2) is 6.04 Å². The SMILES string of the molecule is O=C(CC1CC=CCCC(=O)OCC(C(=O)OCc2ccccc2)NC1=O)NC(CO)Cc1ccccc1. The molecule has 0 fully saturated rings. The van der Waals surface area contributed by atoms with E-state index in [2.05, 4.69) is 10.6 Å². The molecule has 3 N–H and O–H groups in total. The number of amides is 2. The molecule has 0 aliphatic carbocycles. The van der Waals surface area contributed by atoms with E-state index in [1.54, 1.807) is 24.3 Å². The van der Waals surface area contributed by atoms with Crippen molar-refractivity contribution in [2.75, 3.05) is 13.2 Å². The van der Waals surface area contributed by atoms with E-state index in [1.807, 2.05) is 48.5 Å². The van der Waals surface area contributed by atoms with Crippen LogP contribution < -0.4 is 10.6 Å². The van der Waals surface area contributed by atoms with Crippen LogP contribution in [-0.4, -0.2) is 54.2 Å². The molecule has 1 aliphatic heterocycles. The Bertz CT molecular complexity index is 1090. The first-order valence-corrected chi connectivity index (χ1v) is 12.7. The molecular weight excluding hydrogens is 488 g/mol. The second-order valence-electron chi connectivity index (χ2n) is 9.12. The summed E-state index contributed by atoms with van der Waals surface area (Å²) >= 11 is 0. The predicted octanol–water partition coefficient (Wildman–Crippen LogP) is 2.22. The van der Waals surface area contributed by atoms with Gasteiger partial charge in [0.2, 0.25) is 11.8 Å². The summed E-state index contributed by atoms with van der Waals surface area (Å²) in [6, 6.07) is 16.8. The topological polar surface area (TPSA) is 131 Å². The fraction of sp³-hybridized carbons (Fsp3) is 0.379. The summed E-state index contributed by atoms with van der Waals surface area (Å²) < 4.78 is 10.5. The highest BCUT2D eigenvalue weighted by Crippen LogP contribution is 2.14. The van der Waals surface area contributed by atoms with E-state index in [0.717, 1.165) is 11.1 Å². The second kappa shape index (κ2) is 15.3. The van der Waals surface area contributed by atoms with Crippen LogP contribution in [0.1, 0.15) is 36.8 Å². The Balaban J connectivity index is 1.65. The van der Waals surface area contributed by atoms with E-state index in [-0.39, 0.29) is 39.1 Å². The van der Waals surface area contributed by atoms with Crippen molar-refractivity contribution in [1.29, 1.82) is 0 Å². The van der Waals surface area contributed by atoms with Crippen LogP contribution in [0.5, 0.6) is 0 Å². The lowest BCUT2D eigenvalue weighted by Crippen LogP contribution is -2.48. The minimum atomic E-state index is -1.22. The summed E-state index contributed by atoms with van der Waals surface area (Å²) in [5.41, 5.74) is 1.73. The first-order valence-electron chi connectivity index (χ1n) is 12.7. The third-order valence-corrected chi connectivity index (χ3v) is 6.05. The number of ether oxygens (including phenoxy) is 2. The molecule has 0 radical (unpaired) electrons. The first-order chi connectivity index (χ1) is 18.4. The quantitative estimate of drug-likeness (QED) is 0.340. The van der Waals surface area contributed by atoms with Crippen molar-refractivity contribution in [1.82, 2.24) is 10.6 Å². The van der Waals surface area contributed by atoms with E-state index in [0.29, 0.717) is 12.8 Å². The molecule has 0 saturated heterocycles. The van der Waals surface area contributed by atoms with Crippen LogP contribution in [0.2, 0.25) is 0 Å². The third kappa shape index (κ3) is 9.82. The highest BCUT2D eigenvalue weighted by atomic mass is 16.6. The zero-order valence-corrected chi connectivity index (χ0v) is 21.2. The van der Waals surface area contributed by atoms with Crippen LogP contribution in [0.15, 0.2) is 72.8 Å². The highest BCUT2D eigenvalue weighted by Gasteiger charge is 2.29. The van der Waals surface area contributed by atoms with Gasteiger partial charge in [-0.15, -0.1) is 0 Å². The molecule has 0 bridgehead atoms. The number of carbonyl (C=O) groups excluding carboxylic acids is 4. The van der Waals surface area contributed by atoms with E-state index in [9.17, 15) is 24.3 Å². The molecule has 9 heteroatoms. The van der Waals surface area contributed by atoms with Gasteiger partial charge >= 0.3 is 11.9 Å². The zero-order valence-electron chi connectivity index (χ0n) is 21.2. The van der Waals surface area contributed by atoms with Crippen LogP contribution in [0.4, 0.5) is 0 Å². The molecule has 0 spiro atoms. The van der Waals surface area contributed by atoms with Gasteiger partial charge in [-0.1, -0.05) is 72.8 Å². The van der Waals surface area contributed by atoms with Gasteiger partial charge < -0.3 is 25.2 Å². The minimum absolute atomic E-state index is 0.00146. The highest BCUT2D eigenvalue weighted by molar-refractivity contribution is 5.89. The normalized spacial score (nSPS) is 19.2. The average Bonchev–Trinajstić information content (AvgIpc) is 2.93. The number of hydrogen-bond donors (Lipinski definition) is 3. The number of esters is 2. The fourth-order valence-corrected chi connectivity index (χ4v) is 3.97. The van der Waals surface area contributed by atoms with Crippen molar-refractivity contribution in [3.8, 4) is 0 Å². The van der Waals surface area contributed by atoms with Gasteiger partial charge in [-0.05, 0) is 30.4 Å². The van der Waals surface area contributed by atoms with E-state index in [4.69, 9.17) is 9.47 Å². The number of cyclic esters (lactones) is 1. The van der Waals surface area contributed by atoms with Gasteiger partial charge in [0.1, 0.15) is 13.2 Å². The monoisotopic (exact) mass is 522 g/mol. The molecule has 38 heavy (non-hydrogen) atoms. The van der Waals surface area contributed by atoms with Crippen molar-refractivity contribution < 1.29 is 33.8 Å². The zero-order chi connectivity index (χ0) is 27.2. The van der Waals surface area contributed by atoms with E-state index in [1.165, 1.54) is 0 Å². The molecule has 2 amide bonds. The average molecular weight is 523 g/mol. The summed E-state index contributed by atoms with van der Waals surface area (Å²) in [6.07, 6.45) is 4.57. The summed E-state index contributed by atoms with van der Waals surface area (Å²) in [4.78, 5) is 50.8. The van der Waals surface area contributed by atoms with Gasteiger partial charge in [0.25, 0.3) is 0 Å². The number of benzene rings is 2. The number of rotatable bonds is 9. The Morgan fingerprint density at radius 2 is 1.71 bits per heavy atom. The van der Waals surface area contributed by atoms with Crippen molar-refractivity contribution in [2.45, 2.75) is 50.8 Å². The Morgan fingerprint density at radius 3 is 2.39 bits per heavy atom. The van der Waals surface area contributed by atoms with Gasteiger partial charge in [-0.2, -0.15) is 0 Å². The number of aliphatic hydroxyl groups is 1. The predicted molar refractivity (Wildman–Crippen MR) is 139 cm³/mol. The third-order valence-electron chi connectivity index (χ3n) is 6.05. The lowest BCUT2D eigenvalue weighted by molar-refractivity contribution is -0.155. The van der Waals surface area contributed by atoms with Gasteiger partial charge in [-0.25, -0.2) is 4.79 Å². The standard InChI is InChI=1S/C29H34N2O7/c32-18-24(16-21-10-4-1-5-11-21)30-26(33)17-23-14-8-3-9-15-27(34)37-20-25(31-28(23)35)29(36)38-19-22-12-6-2-7-13-22/h1-8,10-13,23-25,32H,9,14-20H2,(H,30,33)(H,31,35). The molecule has 3 atom stereocenters. The number of hydrogen-bond acceptors (Lipinski definition) is 7. The van der Waals surface area contributed by atoms with Crippen LogP contribution in [0.25, 0.3) is 0 Å². The van der Waals surface area contributed by atoms with Gasteiger partial charge in [0, 0.05) is 12.8 Å².